The Morgan fingerprint density at radius 3 is 2.27 bits per heavy atom. The summed E-state index contributed by atoms with van der Waals surface area (Å²) in [5, 5.41) is 0. The van der Waals surface area contributed by atoms with Gasteiger partial charge in [0, 0.05) is 12.1 Å². The molecule has 80 valence electrons. The van der Waals surface area contributed by atoms with Crippen molar-refractivity contribution in [3.63, 3.8) is 0 Å². The first-order valence-electron chi connectivity index (χ1n) is 5.03. The first kappa shape index (κ1) is 13.4. The van der Waals surface area contributed by atoms with Gasteiger partial charge in [0.05, 0.1) is 5.70 Å². The van der Waals surface area contributed by atoms with E-state index in [2.05, 4.69) is 17.5 Å². The second-order valence-corrected chi connectivity index (χ2v) is 3.35. The third kappa shape index (κ3) is 4.46. The van der Waals surface area contributed by atoms with Gasteiger partial charge in [0.2, 0.25) is 0 Å². The minimum atomic E-state index is 0.624. The van der Waals surface area contributed by atoms with Gasteiger partial charge in [-0.15, -0.1) is 12.3 Å². The molecule has 0 radical (unpaired) electrons. The van der Waals surface area contributed by atoms with Crippen molar-refractivity contribution in [2.45, 2.75) is 34.1 Å². The van der Waals surface area contributed by atoms with E-state index in [4.69, 9.17) is 6.42 Å². The number of hydrogen-bond acceptors (Lipinski definition) is 1. The highest BCUT2D eigenvalue weighted by Crippen LogP contribution is 2.12. The standard InChI is InChI=1S/C14H19N/c1-7-10-13(8-2)12(6)15-14(9-3)11(4)5/h1,8-9H,4,10H2,2-3,5-6H3/b13-8+,14-9-,15-12+. The van der Waals surface area contributed by atoms with E-state index in [0.29, 0.717) is 6.42 Å². The van der Waals surface area contributed by atoms with Crippen LogP contribution in [-0.2, 0) is 0 Å². The average molecular weight is 201 g/mol. The Morgan fingerprint density at radius 2 is 1.93 bits per heavy atom. The second kappa shape index (κ2) is 6.84. The van der Waals surface area contributed by atoms with Crippen molar-refractivity contribution in [2.75, 3.05) is 0 Å². The van der Waals surface area contributed by atoms with Gasteiger partial charge in [-0.3, -0.25) is 4.99 Å². The molecule has 0 saturated carbocycles. The normalized spacial score (nSPS) is 13.7. The fourth-order valence-electron chi connectivity index (χ4n) is 1.21. The summed E-state index contributed by atoms with van der Waals surface area (Å²) >= 11 is 0. The molecule has 1 nitrogen and oxygen atoms in total. The van der Waals surface area contributed by atoms with E-state index in [-0.39, 0.29) is 0 Å². The van der Waals surface area contributed by atoms with Gasteiger partial charge in [-0.05, 0) is 38.8 Å². The Kier molecular flexibility index (Phi) is 6.13. The predicted molar refractivity (Wildman–Crippen MR) is 68.9 cm³/mol. The second-order valence-electron chi connectivity index (χ2n) is 3.35. The molecule has 0 bridgehead atoms. The van der Waals surface area contributed by atoms with E-state index >= 15 is 0 Å². The van der Waals surface area contributed by atoms with Crippen LogP contribution in [0, 0.1) is 12.3 Å². The maximum absolute atomic E-state index is 5.29. The summed E-state index contributed by atoms with van der Waals surface area (Å²) in [5.74, 6) is 2.63. The van der Waals surface area contributed by atoms with Gasteiger partial charge >= 0.3 is 0 Å². The van der Waals surface area contributed by atoms with E-state index < -0.39 is 0 Å². The van der Waals surface area contributed by atoms with Gasteiger partial charge in [-0.1, -0.05) is 18.7 Å². The van der Waals surface area contributed by atoms with Crippen molar-refractivity contribution >= 4 is 5.71 Å². The quantitative estimate of drug-likeness (QED) is 0.371. The third-order valence-electron chi connectivity index (χ3n) is 2.10. The minimum Gasteiger partial charge on any atom is -0.254 e. The van der Waals surface area contributed by atoms with Gasteiger partial charge in [0.15, 0.2) is 0 Å². The summed E-state index contributed by atoms with van der Waals surface area (Å²) in [6, 6.07) is 0. The largest absolute Gasteiger partial charge is 0.254 e. The number of rotatable bonds is 4. The van der Waals surface area contributed by atoms with Crippen molar-refractivity contribution in [2.24, 2.45) is 4.99 Å². The minimum absolute atomic E-state index is 0.624. The van der Waals surface area contributed by atoms with Gasteiger partial charge in [0.1, 0.15) is 0 Å². The lowest BCUT2D eigenvalue weighted by atomic mass is 10.1. The Hall–Kier alpha value is -1.55. The zero-order valence-corrected chi connectivity index (χ0v) is 10.1. The molecule has 0 aromatic heterocycles. The molecule has 0 spiro atoms. The van der Waals surface area contributed by atoms with Crippen LogP contribution in [0.1, 0.15) is 34.1 Å². The van der Waals surface area contributed by atoms with Gasteiger partial charge in [-0.2, -0.15) is 0 Å². The van der Waals surface area contributed by atoms with E-state index in [1.807, 2.05) is 39.8 Å². The summed E-state index contributed by atoms with van der Waals surface area (Å²) in [7, 11) is 0. The highest BCUT2D eigenvalue weighted by Gasteiger charge is 2.00. The number of nitrogens with zero attached hydrogens (tertiary/aromatic N) is 1. The highest BCUT2D eigenvalue weighted by molar-refractivity contribution is 5.99. The highest BCUT2D eigenvalue weighted by atomic mass is 14.8. The van der Waals surface area contributed by atoms with E-state index in [1.54, 1.807) is 0 Å². The maximum Gasteiger partial charge on any atom is 0.0613 e. The molecule has 0 aromatic carbocycles. The fourth-order valence-corrected chi connectivity index (χ4v) is 1.21. The molecule has 0 N–H and O–H groups in total. The molecule has 0 rings (SSSR count). The number of aliphatic imine (C=N–C) groups is 1. The molecular weight excluding hydrogens is 182 g/mol. The monoisotopic (exact) mass is 201 g/mol. The summed E-state index contributed by atoms with van der Waals surface area (Å²) in [6.07, 6.45) is 9.87. The topological polar surface area (TPSA) is 12.4 Å². The summed E-state index contributed by atoms with van der Waals surface area (Å²) in [5.41, 5.74) is 3.95. The molecule has 0 aliphatic rings. The van der Waals surface area contributed by atoms with Gasteiger partial charge in [0.25, 0.3) is 0 Å². The summed E-state index contributed by atoms with van der Waals surface area (Å²) < 4.78 is 0. The predicted octanol–water partition coefficient (Wildman–Crippen LogP) is 3.90. The molecule has 0 amide bonds. The molecule has 0 heterocycles. The molecule has 0 atom stereocenters. The molecule has 0 aliphatic carbocycles. The van der Waals surface area contributed by atoms with Crippen LogP contribution in [0.4, 0.5) is 0 Å². The number of hydrogen-bond donors (Lipinski definition) is 0. The van der Waals surface area contributed by atoms with Crippen molar-refractivity contribution in [1.29, 1.82) is 0 Å². The van der Waals surface area contributed by atoms with Gasteiger partial charge in [-0.25, -0.2) is 0 Å². The van der Waals surface area contributed by atoms with Crippen LogP contribution in [0.5, 0.6) is 0 Å². The number of terminal acetylenes is 1. The van der Waals surface area contributed by atoms with Gasteiger partial charge < -0.3 is 0 Å². The molecule has 0 unspecified atom stereocenters. The lowest BCUT2D eigenvalue weighted by molar-refractivity contribution is 1.25. The SMILES string of the molecule is C#CCC(=C\C)/C(C)=N/C(=C\C)C(=C)C. The van der Waals surface area contributed by atoms with Crippen molar-refractivity contribution in [3.05, 3.63) is 35.6 Å². The van der Waals surface area contributed by atoms with Crippen LogP contribution in [0.2, 0.25) is 0 Å². The lowest BCUT2D eigenvalue weighted by Crippen LogP contribution is -1.98. The molecule has 0 aromatic rings. The van der Waals surface area contributed by atoms with Crippen LogP contribution >= 0.6 is 0 Å². The van der Waals surface area contributed by atoms with Crippen LogP contribution in [0.25, 0.3) is 0 Å². The Labute approximate surface area is 93.3 Å². The Bertz CT molecular complexity index is 359. The Morgan fingerprint density at radius 1 is 1.33 bits per heavy atom. The van der Waals surface area contributed by atoms with Crippen molar-refractivity contribution < 1.29 is 0 Å². The van der Waals surface area contributed by atoms with Crippen LogP contribution in [-0.4, -0.2) is 5.71 Å². The maximum atomic E-state index is 5.29. The van der Waals surface area contributed by atoms with Crippen LogP contribution in [0.15, 0.2) is 40.6 Å². The molecule has 0 aliphatic heterocycles. The Balaban J connectivity index is 4.99. The average Bonchev–Trinajstić information content (AvgIpc) is 2.21. The third-order valence-corrected chi connectivity index (χ3v) is 2.10. The van der Waals surface area contributed by atoms with Crippen LogP contribution < -0.4 is 0 Å². The van der Waals surface area contributed by atoms with E-state index in [1.165, 1.54) is 0 Å². The van der Waals surface area contributed by atoms with E-state index in [9.17, 15) is 0 Å². The molecular formula is C14H19N. The fraction of sp³-hybridized carbons (Fsp3) is 0.357. The first-order chi connectivity index (χ1) is 7.06. The lowest BCUT2D eigenvalue weighted by Gasteiger charge is -2.05. The molecule has 15 heavy (non-hydrogen) atoms. The zero-order valence-electron chi connectivity index (χ0n) is 10.1. The molecule has 0 fully saturated rings. The molecule has 0 saturated heterocycles. The smallest absolute Gasteiger partial charge is 0.0613 e. The van der Waals surface area contributed by atoms with Crippen LogP contribution in [0.3, 0.4) is 0 Å². The summed E-state index contributed by atoms with van der Waals surface area (Å²) in [4.78, 5) is 4.50. The van der Waals surface area contributed by atoms with Crippen molar-refractivity contribution in [3.8, 4) is 12.3 Å². The number of allylic oxidation sites excluding steroid dienone is 4. The van der Waals surface area contributed by atoms with E-state index in [0.717, 1.165) is 22.6 Å². The first-order valence-corrected chi connectivity index (χ1v) is 5.03. The molecule has 1 heteroatoms. The summed E-state index contributed by atoms with van der Waals surface area (Å²) in [6.45, 7) is 11.7. The van der Waals surface area contributed by atoms with Crippen molar-refractivity contribution in [1.82, 2.24) is 0 Å². The zero-order chi connectivity index (χ0) is 11.8.